The lowest BCUT2D eigenvalue weighted by Gasteiger charge is -2.31. The van der Waals surface area contributed by atoms with Crippen LogP contribution in [0.1, 0.15) is 86.7 Å². The lowest BCUT2D eigenvalue weighted by molar-refractivity contribution is -0.141. The van der Waals surface area contributed by atoms with Gasteiger partial charge in [0, 0.05) is 24.3 Å². The van der Waals surface area contributed by atoms with Crippen molar-refractivity contribution in [2.45, 2.75) is 114 Å². The zero-order chi connectivity index (χ0) is 44.2. The summed E-state index contributed by atoms with van der Waals surface area (Å²) in [6.07, 6.45) is 5.32. The molecule has 6 rings (SSSR count). The van der Waals surface area contributed by atoms with Crippen molar-refractivity contribution in [3.05, 3.63) is 70.8 Å². The summed E-state index contributed by atoms with van der Waals surface area (Å²) in [7, 11) is 3.29. The molecule has 8 atom stereocenters. The fourth-order valence-corrected chi connectivity index (χ4v) is 10.5. The average Bonchev–Trinajstić information content (AvgIpc) is 4.00. The molecule has 0 aromatic heterocycles. The number of hydrogen-bond donors (Lipinski definition) is 6. The molecule has 6 amide bonds. The molecule has 330 valence electrons. The first kappa shape index (κ1) is 46.5. The van der Waals surface area contributed by atoms with Gasteiger partial charge in [0.05, 0.1) is 35.9 Å². The van der Waals surface area contributed by atoms with Gasteiger partial charge in [-0.15, -0.1) is 23.5 Å². The Labute approximate surface area is 373 Å². The number of benzene rings is 2. The van der Waals surface area contributed by atoms with Gasteiger partial charge in [-0.05, 0) is 101 Å². The van der Waals surface area contributed by atoms with Crippen molar-refractivity contribution in [2.24, 2.45) is 0 Å². The molecule has 0 saturated carbocycles. The summed E-state index contributed by atoms with van der Waals surface area (Å²) >= 11 is 2.95. The van der Waals surface area contributed by atoms with Crippen LogP contribution >= 0.6 is 23.5 Å². The van der Waals surface area contributed by atoms with Crippen molar-refractivity contribution in [3.63, 3.8) is 0 Å². The normalized spacial score (nSPS) is 22.1. The number of aryl methyl sites for hydroxylation is 2. The van der Waals surface area contributed by atoms with E-state index in [0.29, 0.717) is 23.3 Å². The average molecular weight is 883 g/mol. The molecule has 2 fully saturated rings. The number of hydrogen-bond acceptors (Lipinski definition) is 10. The topological polar surface area (TPSA) is 181 Å². The summed E-state index contributed by atoms with van der Waals surface area (Å²) in [6, 6.07) is 11.2. The molecule has 14 nitrogen and oxygen atoms in total. The van der Waals surface area contributed by atoms with E-state index in [1.807, 2.05) is 36.4 Å². The third kappa shape index (κ3) is 11.5. The molecular weight excluding hydrogens is 825 g/mol. The van der Waals surface area contributed by atoms with E-state index in [2.05, 4.69) is 67.7 Å². The highest BCUT2D eigenvalue weighted by molar-refractivity contribution is 7.99. The molecule has 0 bridgehead atoms. The molecule has 2 heterocycles. The summed E-state index contributed by atoms with van der Waals surface area (Å²) in [6.45, 7) is 3.36. The Hall–Kier alpha value is -5.00. The summed E-state index contributed by atoms with van der Waals surface area (Å²) < 4.78 is 0. The van der Waals surface area contributed by atoms with E-state index >= 15 is 0 Å². The molecule has 2 aliphatic carbocycles. The maximum atomic E-state index is 14.1. The fourth-order valence-electron chi connectivity index (χ4n) is 8.15. The second kappa shape index (κ2) is 22.4. The van der Waals surface area contributed by atoms with Crippen LogP contribution in [0.5, 0.6) is 0 Å². The molecule has 0 spiro atoms. The fraction of sp³-hybridized carbons (Fsp3) is 0.522. The maximum absolute atomic E-state index is 14.1. The van der Waals surface area contributed by atoms with E-state index in [4.69, 9.17) is 0 Å². The Balaban J connectivity index is 1.12. The number of carbonyl (C=O) groups excluding carboxylic acids is 6. The Morgan fingerprint density at radius 1 is 0.645 bits per heavy atom. The summed E-state index contributed by atoms with van der Waals surface area (Å²) in [5.74, 6) is 10.7. The van der Waals surface area contributed by atoms with Gasteiger partial charge in [-0.1, -0.05) is 60.4 Å². The largest absolute Gasteiger partial charge is 0.347 e. The van der Waals surface area contributed by atoms with Crippen LogP contribution in [0.4, 0.5) is 0 Å². The molecule has 2 aliphatic heterocycles. The van der Waals surface area contributed by atoms with Crippen molar-refractivity contribution in [1.82, 2.24) is 41.7 Å². The number of nitrogens with zero attached hydrogens (tertiary/aromatic N) is 2. The van der Waals surface area contributed by atoms with Crippen LogP contribution in [0.25, 0.3) is 0 Å². The highest BCUT2D eigenvalue weighted by Gasteiger charge is 2.41. The first-order chi connectivity index (χ1) is 30.0. The minimum atomic E-state index is -1.05. The number of fused-ring (bicyclic) bond motifs is 2. The van der Waals surface area contributed by atoms with Crippen LogP contribution < -0.4 is 31.9 Å². The minimum absolute atomic E-state index is 0.0762. The van der Waals surface area contributed by atoms with E-state index in [0.717, 1.165) is 49.7 Å². The Kier molecular flexibility index (Phi) is 16.8. The van der Waals surface area contributed by atoms with Crippen LogP contribution in [0, 0.1) is 23.7 Å². The van der Waals surface area contributed by atoms with Gasteiger partial charge in [0.25, 0.3) is 0 Å². The standard InChI is InChI=1S/C46H58N8O6S2/c1-29(47-3)41(55)51-37(45(59)53-27-61-25-39(53)43(57)49-35-23-13-17-31-15-9-11-19-33(31)35)21-7-5-6-8-22-38(52-42(56)30(2)48-4)46(60)54-28-62-26-40(54)44(58)50-36-24-14-18-32-16-10-12-20-34(32)36/h9-12,15-16,19-20,29-30,35-40,47-48H,13-14,17-18,21-28H2,1-4H3,(H,49,57)(H,50,58)(H,51,55)(H,52,56). The molecule has 16 heteroatoms. The van der Waals surface area contributed by atoms with Crippen molar-refractivity contribution in [1.29, 1.82) is 0 Å². The summed E-state index contributed by atoms with van der Waals surface area (Å²) in [4.78, 5) is 84.8. The third-order valence-electron chi connectivity index (χ3n) is 12.0. The molecule has 2 saturated heterocycles. The smallest absolute Gasteiger partial charge is 0.247 e. The van der Waals surface area contributed by atoms with E-state index in [1.54, 1.807) is 27.9 Å². The van der Waals surface area contributed by atoms with E-state index in [9.17, 15) is 28.8 Å². The first-order valence-corrected chi connectivity index (χ1v) is 23.7. The van der Waals surface area contributed by atoms with Gasteiger partial charge in [-0.25, -0.2) is 0 Å². The molecule has 8 unspecified atom stereocenters. The van der Waals surface area contributed by atoms with Gasteiger partial charge in [0.2, 0.25) is 35.4 Å². The summed E-state index contributed by atoms with van der Waals surface area (Å²) in [5.41, 5.74) is 4.65. The van der Waals surface area contributed by atoms with Gasteiger partial charge >= 0.3 is 0 Å². The number of nitrogens with one attached hydrogen (secondary N) is 6. The Morgan fingerprint density at radius 3 is 1.45 bits per heavy atom. The van der Waals surface area contributed by atoms with E-state index < -0.39 is 59.9 Å². The molecule has 2 aromatic carbocycles. The van der Waals surface area contributed by atoms with Gasteiger partial charge in [-0.3, -0.25) is 28.8 Å². The van der Waals surface area contributed by atoms with E-state index in [-0.39, 0.29) is 36.7 Å². The monoisotopic (exact) mass is 882 g/mol. The Bertz CT molecular complexity index is 1970. The van der Waals surface area contributed by atoms with E-state index in [1.165, 1.54) is 44.5 Å². The van der Waals surface area contributed by atoms with Gasteiger partial charge in [0.15, 0.2) is 0 Å². The minimum Gasteiger partial charge on any atom is -0.347 e. The highest BCUT2D eigenvalue weighted by Crippen LogP contribution is 2.32. The predicted molar refractivity (Wildman–Crippen MR) is 242 cm³/mol. The van der Waals surface area contributed by atoms with Crippen LogP contribution in [0.2, 0.25) is 0 Å². The zero-order valence-corrected chi connectivity index (χ0v) is 37.5. The van der Waals surface area contributed by atoms with Gasteiger partial charge in [0.1, 0.15) is 24.2 Å². The van der Waals surface area contributed by atoms with Crippen LogP contribution in [0.3, 0.4) is 0 Å². The molecular formula is C46H58N8O6S2. The molecule has 6 N–H and O–H groups in total. The summed E-state index contributed by atoms with van der Waals surface area (Å²) in [5, 5.41) is 17.8. The first-order valence-electron chi connectivity index (χ1n) is 21.4. The second-order valence-electron chi connectivity index (χ2n) is 16.1. The number of likely N-dealkylation sites (N-methyl/N-ethyl adjacent to an activating group) is 2. The molecule has 4 aliphatic rings. The quantitative estimate of drug-likeness (QED) is 0.154. The number of amides is 6. The lowest BCUT2D eigenvalue weighted by Crippen LogP contribution is -2.56. The number of rotatable bonds is 14. The number of carbonyl (C=O) groups is 6. The predicted octanol–water partition coefficient (Wildman–Crippen LogP) is 2.15. The van der Waals surface area contributed by atoms with Crippen molar-refractivity contribution in [3.8, 4) is 23.7 Å². The molecule has 2 aromatic rings. The van der Waals surface area contributed by atoms with Crippen LogP contribution in [0.15, 0.2) is 48.5 Å². The lowest BCUT2D eigenvalue weighted by atomic mass is 9.87. The molecule has 0 radical (unpaired) electrons. The van der Waals surface area contributed by atoms with Crippen molar-refractivity contribution in [2.75, 3.05) is 37.4 Å². The van der Waals surface area contributed by atoms with Gasteiger partial charge in [-0.2, -0.15) is 0 Å². The maximum Gasteiger partial charge on any atom is 0.247 e. The van der Waals surface area contributed by atoms with Crippen molar-refractivity contribution >= 4 is 59.0 Å². The van der Waals surface area contributed by atoms with Gasteiger partial charge < -0.3 is 41.7 Å². The third-order valence-corrected chi connectivity index (χ3v) is 14.1. The Morgan fingerprint density at radius 2 is 1.05 bits per heavy atom. The van der Waals surface area contributed by atoms with Crippen molar-refractivity contribution < 1.29 is 28.8 Å². The SMILES string of the molecule is CNC(C)C(=O)NC(CC#CC#CCC(NC(=O)C(C)NC)C(=O)N1CSCC1C(=O)NC1CCCc2ccccc21)C(=O)N1CSCC1C(=O)NC1CCCc2ccccc21. The zero-order valence-electron chi connectivity index (χ0n) is 35.9. The number of thioether (sulfide) groups is 2. The van der Waals surface area contributed by atoms with Crippen LogP contribution in [-0.2, 0) is 41.6 Å². The second-order valence-corrected chi connectivity index (χ2v) is 18.1. The highest BCUT2D eigenvalue weighted by atomic mass is 32.2. The molecule has 62 heavy (non-hydrogen) atoms. The van der Waals surface area contributed by atoms with Crippen LogP contribution in [-0.4, -0.2) is 119 Å².